The maximum atomic E-state index is 2.54. The van der Waals surface area contributed by atoms with Gasteiger partial charge in [-0.2, -0.15) is 0 Å². The van der Waals surface area contributed by atoms with E-state index in [1.807, 2.05) is 0 Å². The van der Waals surface area contributed by atoms with Crippen LogP contribution in [-0.4, -0.2) is 13.1 Å². The van der Waals surface area contributed by atoms with Gasteiger partial charge in [-0.3, -0.25) is 0 Å². The number of benzene rings is 5. The normalized spacial score (nSPS) is 15.7. The largest absolute Gasteiger partial charge is 0.341 e. The van der Waals surface area contributed by atoms with Crippen LogP contribution in [-0.2, 0) is 23.7 Å². The fraction of sp³-hybridized carbons (Fsp3) is 0.350. The van der Waals surface area contributed by atoms with E-state index in [0.717, 1.165) is 25.9 Å². The van der Waals surface area contributed by atoms with Crippen molar-refractivity contribution in [2.24, 2.45) is 0 Å². The Balaban J connectivity index is 1.49. The highest BCUT2D eigenvalue weighted by Gasteiger charge is 2.29. The highest BCUT2D eigenvalue weighted by Crippen LogP contribution is 2.47. The number of para-hydroxylation sites is 2. The molecule has 0 spiro atoms. The highest BCUT2D eigenvalue weighted by molar-refractivity contribution is 6.09. The summed E-state index contributed by atoms with van der Waals surface area (Å²) in [6, 6.07) is 32.5. The van der Waals surface area contributed by atoms with Crippen LogP contribution in [0.3, 0.4) is 0 Å². The zero-order chi connectivity index (χ0) is 29.2. The molecule has 2 heteroatoms. The van der Waals surface area contributed by atoms with Crippen LogP contribution in [0, 0.1) is 0 Å². The molecule has 0 saturated carbocycles. The predicted molar refractivity (Wildman–Crippen MR) is 182 cm³/mol. The Hall–Kier alpha value is -3.78. The molecule has 2 heterocycles. The molecule has 42 heavy (non-hydrogen) atoms. The number of fused-ring (bicyclic) bond motifs is 4. The van der Waals surface area contributed by atoms with E-state index in [0.29, 0.717) is 0 Å². The first kappa shape index (κ1) is 27.1. The fourth-order valence-corrected chi connectivity index (χ4v) is 7.76. The summed E-state index contributed by atoms with van der Waals surface area (Å²) in [6.45, 7) is 16.4. The molecule has 0 radical (unpaired) electrons. The van der Waals surface area contributed by atoms with Gasteiger partial charge in [0.2, 0.25) is 0 Å². The topological polar surface area (TPSA) is 6.48 Å². The molecular formula is C40H44N2. The Labute approximate surface area is 252 Å². The minimum Gasteiger partial charge on any atom is -0.341 e. The van der Waals surface area contributed by atoms with Gasteiger partial charge < -0.3 is 9.80 Å². The maximum Gasteiger partial charge on any atom is 0.0443 e. The fourth-order valence-electron chi connectivity index (χ4n) is 7.76. The van der Waals surface area contributed by atoms with E-state index in [9.17, 15) is 0 Å². The Morgan fingerprint density at radius 1 is 0.476 bits per heavy atom. The minimum absolute atomic E-state index is 0.00934. The molecule has 214 valence electrons. The average Bonchev–Trinajstić information content (AvgIpc) is 2.97. The van der Waals surface area contributed by atoms with E-state index in [4.69, 9.17) is 0 Å². The quantitative estimate of drug-likeness (QED) is 0.201. The summed E-state index contributed by atoms with van der Waals surface area (Å²) >= 11 is 0. The second-order valence-electron chi connectivity index (χ2n) is 14.5. The van der Waals surface area contributed by atoms with Crippen LogP contribution in [0.5, 0.6) is 0 Å². The van der Waals surface area contributed by atoms with Gasteiger partial charge >= 0.3 is 0 Å². The number of nitrogens with zero attached hydrogens (tertiary/aromatic N) is 2. The third kappa shape index (κ3) is 4.47. The minimum atomic E-state index is -0.00934. The lowest BCUT2D eigenvalue weighted by Gasteiger charge is -2.35. The van der Waals surface area contributed by atoms with Crippen LogP contribution in [0.15, 0.2) is 84.9 Å². The molecule has 0 amide bonds. The van der Waals surface area contributed by atoms with Gasteiger partial charge in [-0.25, -0.2) is 0 Å². The predicted octanol–water partition coefficient (Wildman–Crippen LogP) is 10.8. The molecule has 0 N–H and O–H groups in total. The van der Waals surface area contributed by atoms with Crippen molar-refractivity contribution < 1.29 is 0 Å². The van der Waals surface area contributed by atoms with Crippen molar-refractivity contribution in [3.63, 3.8) is 0 Å². The van der Waals surface area contributed by atoms with Crippen molar-refractivity contribution in [1.82, 2.24) is 0 Å². The first-order valence-corrected chi connectivity index (χ1v) is 15.9. The van der Waals surface area contributed by atoms with E-state index in [1.54, 1.807) is 0 Å². The zero-order valence-corrected chi connectivity index (χ0v) is 26.2. The SMILES string of the molecule is CC(C)(C)c1c2ccc(N3CCCc4ccccc43)cc2c(C(C)(C)C)c2ccc(N3CCCc4ccccc43)cc12. The van der Waals surface area contributed by atoms with Gasteiger partial charge in [-0.15, -0.1) is 0 Å². The summed E-state index contributed by atoms with van der Waals surface area (Å²) in [5.74, 6) is 0. The van der Waals surface area contributed by atoms with E-state index >= 15 is 0 Å². The summed E-state index contributed by atoms with van der Waals surface area (Å²) in [6.07, 6.45) is 4.70. The molecule has 0 aliphatic carbocycles. The van der Waals surface area contributed by atoms with Crippen LogP contribution in [0.1, 0.15) is 76.6 Å². The number of hydrogen-bond donors (Lipinski definition) is 0. The summed E-state index contributed by atoms with van der Waals surface area (Å²) in [7, 11) is 0. The first-order chi connectivity index (χ1) is 20.1. The van der Waals surface area contributed by atoms with Crippen molar-refractivity contribution in [1.29, 1.82) is 0 Å². The number of aryl methyl sites for hydroxylation is 2. The van der Waals surface area contributed by atoms with E-state index in [-0.39, 0.29) is 10.8 Å². The molecule has 2 aliphatic rings. The lowest BCUT2D eigenvalue weighted by Crippen LogP contribution is -2.25. The Kier molecular flexibility index (Phi) is 6.38. The van der Waals surface area contributed by atoms with E-state index in [2.05, 4.69) is 136 Å². The van der Waals surface area contributed by atoms with Gasteiger partial charge in [0.25, 0.3) is 0 Å². The lowest BCUT2D eigenvalue weighted by atomic mass is 9.74. The molecule has 0 saturated heterocycles. The third-order valence-corrected chi connectivity index (χ3v) is 9.43. The number of rotatable bonds is 2. The van der Waals surface area contributed by atoms with Crippen LogP contribution in [0.4, 0.5) is 22.7 Å². The smallest absolute Gasteiger partial charge is 0.0443 e. The Morgan fingerprint density at radius 2 is 0.881 bits per heavy atom. The molecule has 2 nitrogen and oxygen atoms in total. The average molecular weight is 553 g/mol. The second kappa shape index (κ2) is 9.90. The number of anilines is 4. The van der Waals surface area contributed by atoms with Crippen molar-refractivity contribution >= 4 is 44.3 Å². The summed E-state index contributed by atoms with van der Waals surface area (Å²) in [5, 5.41) is 5.59. The van der Waals surface area contributed by atoms with Crippen LogP contribution in [0.25, 0.3) is 21.5 Å². The van der Waals surface area contributed by atoms with Crippen molar-refractivity contribution in [2.45, 2.75) is 78.1 Å². The second-order valence-corrected chi connectivity index (χ2v) is 14.5. The molecule has 0 unspecified atom stereocenters. The van der Waals surface area contributed by atoms with Gasteiger partial charge in [-0.05, 0) is 117 Å². The molecule has 2 aliphatic heterocycles. The molecule has 5 aromatic rings. The Bertz CT molecular complexity index is 1680. The Morgan fingerprint density at radius 3 is 1.29 bits per heavy atom. The molecule has 7 rings (SSSR count). The summed E-state index contributed by atoms with van der Waals surface area (Å²) in [5.41, 5.74) is 11.2. The van der Waals surface area contributed by atoms with Gasteiger partial charge in [0.15, 0.2) is 0 Å². The van der Waals surface area contributed by atoms with Crippen LogP contribution < -0.4 is 9.80 Å². The summed E-state index contributed by atoms with van der Waals surface area (Å²) in [4.78, 5) is 5.09. The van der Waals surface area contributed by atoms with Gasteiger partial charge in [0.05, 0.1) is 0 Å². The molecule has 0 bridgehead atoms. The molecule has 0 fully saturated rings. The maximum absolute atomic E-state index is 2.54. The van der Waals surface area contributed by atoms with Gasteiger partial charge in [0, 0.05) is 35.8 Å². The molecular weight excluding hydrogens is 508 g/mol. The molecule has 0 aromatic heterocycles. The van der Waals surface area contributed by atoms with E-state index < -0.39 is 0 Å². The summed E-state index contributed by atoms with van der Waals surface area (Å²) < 4.78 is 0. The highest BCUT2D eigenvalue weighted by atomic mass is 15.1. The standard InChI is InChI=1S/C40H44N2/c1-39(2,3)37-31-21-19-30(42-24-12-16-28-14-8-10-18-36(28)42)26-34(31)38(40(4,5)6)32-22-20-29(25-33(32)37)41-23-11-15-27-13-7-9-17-35(27)41/h7-10,13-14,17-22,25-26H,11-12,15-16,23-24H2,1-6H3. The van der Waals surface area contributed by atoms with Crippen LogP contribution in [0.2, 0.25) is 0 Å². The lowest BCUT2D eigenvalue weighted by molar-refractivity contribution is 0.593. The van der Waals surface area contributed by atoms with E-state index in [1.165, 1.54) is 79.4 Å². The number of hydrogen-bond acceptors (Lipinski definition) is 2. The third-order valence-electron chi connectivity index (χ3n) is 9.43. The monoisotopic (exact) mass is 552 g/mol. The first-order valence-electron chi connectivity index (χ1n) is 15.9. The molecule has 0 atom stereocenters. The van der Waals surface area contributed by atoms with Gasteiger partial charge in [0.1, 0.15) is 0 Å². The van der Waals surface area contributed by atoms with Crippen LogP contribution >= 0.6 is 0 Å². The van der Waals surface area contributed by atoms with Crippen molar-refractivity contribution in [2.75, 3.05) is 22.9 Å². The van der Waals surface area contributed by atoms with Crippen molar-refractivity contribution in [3.8, 4) is 0 Å². The van der Waals surface area contributed by atoms with Crippen molar-refractivity contribution in [3.05, 3.63) is 107 Å². The zero-order valence-electron chi connectivity index (χ0n) is 26.2. The molecule has 5 aromatic carbocycles. The van der Waals surface area contributed by atoms with Gasteiger partial charge in [-0.1, -0.05) is 90.1 Å².